The Hall–Kier alpha value is -1.43. The van der Waals surface area contributed by atoms with Gasteiger partial charge in [0.05, 0.1) is 25.8 Å². The maximum Gasteiger partial charge on any atom is 0.307 e. The molecule has 0 radical (unpaired) electrons. The van der Waals surface area contributed by atoms with Gasteiger partial charge in [-0.2, -0.15) is 0 Å². The van der Waals surface area contributed by atoms with Crippen molar-refractivity contribution in [3.05, 3.63) is 12.4 Å². The van der Waals surface area contributed by atoms with E-state index in [1.165, 1.54) is 0 Å². The van der Waals surface area contributed by atoms with Crippen molar-refractivity contribution in [3.63, 3.8) is 0 Å². The average molecular weight is 212 g/mol. The van der Waals surface area contributed by atoms with Crippen LogP contribution in [-0.4, -0.2) is 40.7 Å². The molecule has 1 heterocycles. The summed E-state index contributed by atoms with van der Waals surface area (Å²) in [5, 5.41) is 10.6. The standard InChI is InChI=1S/C9H16N4O2/c1-2-15-9(14)3-4-10-5-7-13-8-6-11-12-13/h6,8,10H,2-5,7H2,1H3. The first-order valence-corrected chi connectivity index (χ1v) is 5.03. The lowest BCUT2D eigenvalue weighted by Gasteiger charge is -2.04. The first kappa shape index (κ1) is 11.6. The Morgan fingerprint density at radius 1 is 1.53 bits per heavy atom. The van der Waals surface area contributed by atoms with Crippen LogP contribution in [0.3, 0.4) is 0 Å². The number of nitrogens with zero attached hydrogens (tertiary/aromatic N) is 3. The fraction of sp³-hybridized carbons (Fsp3) is 0.667. The highest BCUT2D eigenvalue weighted by atomic mass is 16.5. The monoisotopic (exact) mass is 212 g/mol. The molecular weight excluding hydrogens is 196 g/mol. The number of hydrogen-bond donors (Lipinski definition) is 1. The van der Waals surface area contributed by atoms with Gasteiger partial charge in [0.15, 0.2) is 0 Å². The maximum absolute atomic E-state index is 10.9. The Bertz CT molecular complexity index is 274. The van der Waals surface area contributed by atoms with Crippen LogP contribution in [0.1, 0.15) is 13.3 Å². The highest BCUT2D eigenvalue weighted by molar-refractivity contribution is 5.69. The third-order valence-electron chi connectivity index (χ3n) is 1.80. The normalized spacial score (nSPS) is 10.2. The van der Waals surface area contributed by atoms with Gasteiger partial charge in [0.25, 0.3) is 0 Å². The molecule has 1 rings (SSSR count). The van der Waals surface area contributed by atoms with Gasteiger partial charge in [0.2, 0.25) is 0 Å². The predicted molar refractivity (Wildman–Crippen MR) is 54.1 cm³/mol. The number of esters is 1. The van der Waals surface area contributed by atoms with Crippen LogP contribution < -0.4 is 5.32 Å². The van der Waals surface area contributed by atoms with Gasteiger partial charge >= 0.3 is 5.97 Å². The van der Waals surface area contributed by atoms with Crippen LogP contribution in [0.15, 0.2) is 12.4 Å². The number of ether oxygens (including phenoxy) is 1. The molecule has 6 heteroatoms. The second-order valence-electron chi connectivity index (χ2n) is 2.97. The van der Waals surface area contributed by atoms with Crippen molar-refractivity contribution in [1.82, 2.24) is 20.3 Å². The summed E-state index contributed by atoms with van der Waals surface area (Å²) in [6.07, 6.45) is 3.84. The lowest BCUT2D eigenvalue weighted by molar-refractivity contribution is -0.142. The zero-order valence-electron chi connectivity index (χ0n) is 8.85. The van der Waals surface area contributed by atoms with Crippen LogP contribution >= 0.6 is 0 Å². The number of rotatable bonds is 7. The first-order valence-electron chi connectivity index (χ1n) is 5.03. The summed E-state index contributed by atoms with van der Waals surface area (Å²) in [6, 6.07) is 0. The van der Waals surface area contributed by atoms with E-state index in [1.807, 2.05) is 0 Å². The Kier molecular flexibility index (Phi) is 5.39. The van der Waals surface area contributed by atoms with Gasteiger partial charge in [0, 0.05) is 19.3 Å². The number of hydrogen-bond acceptors (Lipinski definition) is 5. The van der Waals surface area contributed by atoms with E-state index in [1.54, 1.807) is 24.0 Å². The molecule has 0 aliphatic carbocycles. The molecule has 0 bridgehead atoms. The van der Waals surface area contributed by atoms with Crippen LogP contribution in [0.5, 0.6) is 0 Å². The van der Waals surface area contributed by atoms with Crippen molar-refractivity contribution < 1.29 is 9.53 Å². The van der Waals surface area contributed by atoms with Gasteiger partial charge < -0.3 is 10.1 Å². The Balaban J connectivity index is 1.95. The molecule has 1 aromatic rings. The third kappa shape index (κ3) is 5.11. The minimum atomic E-state index is -0.161. The van der Waals surface area contributed by atoms with Crippen LogP contribution in [0, 0.1) is 0 Å². The SMILES string of the molecule is CCOC(=O)CCNCCn1ccnn1. The van der Waals surface area contributed by atoms with E-state index in [4.69, 9.17) is 4.74 Å². The minimum absolute atomic E-state index is 0.161. The van der Waals surface area contributed by atoms with Gasteiger partial charge in [-0.3, -0.25) is 9.48 Å². The molecule has 1 aromatic heterocycles. The van der Waals surface area contributed by atoms with E-state index in [9.17, 15) is 4.79 Å². The minimum Gasteiger partial charge on any atom is -0.466 e. The van der Waals surface area contributed by atoms with E-state index >= 15 is 0 Å². The van der Waals surface area contributed by atoms with Crippen molar-refractivity contribution in [2.75, 3.05) is 19.7 Å². The predicted octanol–water partition coefficient (Wildman–Crippen LogP) is -0.179. The Morgan fingerprint density at radius 2 is 2.40 bits per heavy atom. The topological polar surface area (TPSA) is 69.0 Å². The van der Waals surface area contributed by atoms with E-state index in [2.05, 4.69) is 15.6 Å². The highest BCUT2D eigenvalue weighted by Crippen LogP contribution is 1.84. The van der Waals surface area contributed by atoms with E-state index in [-0.39, 0.29) is 5.97 Å². The first-order chi connectivity index (χ1) is 7.33. The number of carbonyl (C=O) groups is 1. The summed E-state index contributed by atoms with van der Waals surface area (Å²) in [5.74, 6) is -0.161. The smallest absolute Gasteiger partial charge is 0.307 e. The van der Waals surface area contributed by atoms with Gasteiger partial charge in [-0.05, 0) is 6.92 Å². The van der Waals surface area contributed by atoms with Crippen molar-refractivity contribution in [2.45, 2.75) is 19.9 Å². The van der Waals surface area contributed by atoms with Gasteiger partial charge in [-0.15, -0.1) is 5.10 Å². The quantitative estimate of drug-likeness (QED) is 0.501. The van der Waals surface area contributed by atoms with Crippen molar-refractivity contribution >= 4 is 5.97 Å². The van der Waals surface area contributed by atoms with E-state index in [0.29, 0.717) is 19.6 Å². The molecule has 0 aliphatic rings. The van der Waals surface area contributed by atoms with E-state index in [0.717, 1.165) is 13.1 Å². The number of carbonyl (C=O) groups excluding carboxylic acids is 1. The van der Waals surface area contributed by atoms with Crippen LogP contribution in [0.4, 0.5) is 0 Å². The molecule has 0 aromatic carbocycles. The molecule has 1 N–H and O–H groups in total. The van der Waals surface area contributed by atoms with Crippen molar-refractivity contribution in [2.24, 2.45) is 0 Å². The molecule has 0 aliphatic heterocycles. The maximum atomic E-state index is 10.9. The molecule has 15 heavy (non-hydrogen) atoms. The second kappa shape index (κ2) is 6.94. The number of nitrogens with one attached hydrogen (secondary N) is 1. The van der Waals surface area contributed by atoms with E-state index < -0.39 is 0 Å². The van der Waals surface area contributed by atoms with Crippen LogP contribution in [-0.2, 0) is 16.1 Å². The molecular formula is C9H16N4O2. The summed E-state index contributed by atoms with van der Waals surface area (Å²) < 4.78 is 6.52. The molecule has 0 saturated heterocycles. The zero-order valence-corrected chi connectivity index (χ0v) is 8.85. The molecule has 6 nitrogen and oxygen atoms in total. The molecule has 0 amide bonds. The van der Waals surface area contributed by atoms with Crippen LogP contribution in [0.2, 0.25) is 0 Å². The zero-order chi connectivity index (χ0) is 10.9. The molecule has 0 unspecified atom stereocenters. The lowest BCUT2D eigenvalue weighted by Crippen LogP contribution is -2.23. The van der Waals surface area contributed by atoms with Gasteiger partial charge in [0.1, 0.15) is 0 Å². The highest BCUT2D eigenvalue weighted by Gasteiger charge is 1.99. The summed E-state index contributed by atoms with van der Waals surface area (Å²) in [6.45, 7) is 4.40. The Morgan fingerprint density at radius 3 is 3.07 bits per heavy atom. The lowest BCUT2D eigenvalue weighted by atomic mass is 10.4. The van der Waals surface area contributed by atoms with Crippen molar-refractivity contribution in [3.8, 4) is 0 Å². The molecule has 0 spiro atoms. The fourth-order valence-corrected chi connectivity index (χ4v) is 1.09. The largest absolute Gasteiger partial charge is 0.466 e. The summed E-state index contributed by atoms with van der Waals surface area (Å²) >= 11 is 0. The molecule has 84 valence electrons. The average Bonchev–Trinajstić information content (AvgIpc) is 2.70. The van der Waals surface area contributed by atoms with Crippen LogP contribution in [0.25, 0.3) is 0 Å². The molecule has 0 atom stereocenters. The van der Waals surface area contributed by atoms with Gasteiger partial charge in [-0.25, -0.2) is 0 Å². The molecule has 0 fully saturated rings. The number of aromatic nitrogens is 3. The van der Waals surface area contributed by atoms with Crippen molar-refractivity contribution in [1.29, 1.82) is 0 Å². The summed E-state index contributed by atoms with van der Waals surface area (Å²) in [4.78, 5) is 10.9. The summed E-state index contributed by atoms with van der Waals surface area (Å²) in [5.41, 5.74) is 0. The third-order valence-corrected chi connectivity index (χ3v) is 1.80. The van der Waals surface area contributed by atoms with Gasteiger partial charge in [-0.1, -0.05) is 5.21 Å². The Labute approximate surface area is 88.6 Å². The molecule has 0 saturated carbocycles. The fourth-order valence-electron chi connectivity index (χ4n) is 1.09. The summed E-state index contributed by atoms with van der Waals surface area (Å²) in [7, 11) is 0. The second-order valence-corrected chi connectivity index (χ2v) is 2.97.